The summed E-state index contributed by atoms with van der Waals surface area (Å²) >= 11 is 0. The standard InChI is InChI=1S/C14H25N3O3/c1-6-16(5)12(18)15-11-9-7-17(8-10(9)11)13(19)20-14(2,3)4/h9-11H,6-8H2,1-5H3,(H,15,18)/t9-,10-/m0/s1. The molecule has 0 radical (unpaired) electrons. The quantitative estimate of drug-likeness (QED) is 0.835. The summed E-state index contributed by atoms with van der Waals surface area (Å²) in [5, 5.41) is 3.02. The van der Waals surface area contributed by atoms with Crippen LogP contribution in [-0.2, 0) is 4.74 Å². The maximum atomic E-state index is 11.9. The maximum absolute atomic E-state index is 11.9. The number of fused-ring (bicyclic) bond motifs is 1. The van der Waals surface area contributed by atoms with Crippen LogP contribution in [0, 0.1) is 11.8 Å². The lowest BCUT2D eigenvalue weighted by molar-refractivity contribution is 0.0270. The largest absolute Gasteiger partial charge is 0.444 e. The van der Waals surface area contributed by atoms with Gasteiger partial charge in [-0.25, -0.2) is 9.59 Å². The summed E-state index contributed by atoms with van der Waals surface area (Å²) in [7, 11) is 1.78. The number of carbonyl (C=O) groups is 2. The van der Waals surface area contributed by atoms with Gasteiger partial charge in [0.25, 0.3) is 0 Å². The van der Waals surface area contributed by atoms with Gasteiger partial charge in [-0.15, -0.1) is 0 Å². The first kappa shape index (κ1) is 14.9. The van der Waals surface area contributed by atoms with Crippen molar-refractivity contribution in [3.63, 3.8) is 0 Å². The number of urea groups is 1. The molecule has 2 atom stereocenters. The number of rotatable bonds is 2. The highest BCUT2D eigenvalue weighted by Gasteiger charge is 2.58. The second-order valence-electron chi connectivity index (χ2n) is 6.70. The molecule has 0 aromatic carbocycles. The Labute approximate surface area is 120 Å². The van der Waals surface area contributed by atoms with Crippen molar-refractivity contribution < 1.29 is 14.3 Å². The van der Waals surface area contributed by atoms with Crippen molar-refractivity contribution in [3.8, 4) is 0 Å². The smallest absolute Gasteiger partial charge is 0.410 e. The van der Waals surface area contributed by atoms with E-state index in [4.69, 9.17) is 4.74 Å². The number of ether oxygens (including phenoxy) is 1. The van der Waals surface area contributed by atoms with Gasteiger partial charge in [-0.2, -0.15) is 0 Å². The monoisotopic (exact) mass is 283 g/mol. The zero-order valence-corrected chi connectivity index (χ0v) is 13.0. The van der Waals surface area contributed by atoms with Crippen LogP contribution in [0.3, 0.4) is 0 Å². The molecule has 1 heterocycles. The molecule has 0 aromatic rings. The first-order valence-corrected chi connectivity index (χ1v) is 7.22. The lowest BCUT2D eigenvalue weighted by Crippen LogP contribution is -2.43. The molecule has 2 fully saturated rings. The predicted octanol–water partition coefficient (Wildman–Crippen LogP) is 1.51. The van der Waals surface area contributed by atoms with Gasteiger partial charge in [0.1, 0.15) is 5.60 Å². The first-order valence-electron chi connectivity index (χ1n) is 7.22. The van der Waals surface area contributed by atoms with Crippen LogP contribution in [0.1, 0.15) is 27.7 Å². The van der Waals surface area contributed by atoms with E-state index in [0.29, 0.717) is 31.5 Å². The van der Waals surface area contributed by atoms with Crippen LogP contribution >= 0.6 is 0 Å². The van der Waals surface area contributed by atoms with Crippen molar-refractivity contribution in [2.75, 3.05) is 26.7 Å². The van der Waals surface area contributed by atoms with Gasteiger partial charge in [0, 0.05) is 44.6 Å². The summed E-state index contributed by atoms with van der Waals surface area (Å²) in [6.07, 6.45) is -0.250. The molecule has 1 saturated heterocycles. The molecular formula is C14H25N3O3. The molecule has 1 aliphatic heterocycles. The normalized spacial score (nSPS) is 27.9. The summed E-state index contributed by atoms with van der Waals surface area (Å²) in [5.74, 6) is 0.772. The fourth-order valence-electron chi connectivity index (χ4n) is 2.61. The van der Waals surface area contributed by atoms with Gasteiger partial charge in [0.15, 0.2) is 0 Å². The molecule has 1 aliphatic carbocycles. The second-order valence-corrected chi connectivity index (χ2v) is 6.70. The SMILES string of the molecule is CCN(C)C(=O)NC1[C@H]2CN(C(=O)OC(C)(C)C)C[C@H]12. The average molecular weight is 283 g/mol. The molecule has 6 heteroatoms. The fraction of sp³-hybridized carbons (Fsp3) is 0.857. The van der Waals surface area contributed by atoms with Crippen molar-refractivity contribution in [3.05, 3.63) is 0 Å². The van der Waals surface area contributed by atoms with Crippen molar-refractivity contribution in [2.24, 2.45) is 11.8 Å². The number of hydrogen-bond acceptors (Lipinski definition) is 3. The van der Waals surface area contributed by atoms with Gasteiger partial charge >= 0.3 is 12.1 Å². The van der Waals surface area contributed by atoms with Crippen LogP contribution in [0.4, 0.5) is 9.59 Å². The number of likely N-dealkylation sites (tertiary alicyclic amines) is 1. The molecule has 0 bridgehead atoms. The lowest BCUT2D eigenvalue weighted by atomic mass is 10.2. The average Bonchev–Trinajstić information content (AvgIpc) is 2.80. The number of piperidine rings is 1. The minimum absolute atomic E-state index is 0.0317. The molecule has 3 amide bonds. The fourth-order valence-corrected chi connectivity index (χ4v) is 2.61. The number of hydrogen-bond donors (Lipinski definition) is 1. The predicted molar refractivity (Wildman–Crippen MR) is 75.4 cm³/mol. The summed E-state index contributed by atoms with van der Waals surface area (Å²) < 4.78 is 5.35. The number of nitrogens with one attached hydrogen (secondary N) is 1. The van der Waals surface area contributed by atoms with Crippen LogP contribution in [0.5, 0.6) is 0 Å². The van der Waals surface area contributed by atoms with Gasteiger partial charge in [-0.05, 0) is 27.7 Å². The Bertz CT molecular complexity index is 393. The molecular weight excluding hydrogens is 258 g/mol. The van der Waals surface area contributed by atoms with Crippen LogP contribution in [0.2, 0.25) is 0 Å². The Morgan fingerprint density at radius 2 is 1.85 bits per heavy atom. The highest BCUT2D eigenvalue weighted by atomic mass is 16.6. The lowest BCUT2D eigenvalue weighted by Gasteiger charge is -2.26. The molecule has 6 nitrogen and oxygen atoms in total. The summed E-state index contributed by atoms with van der Waals surface area (Å²) in [4.78, 5) is 27.1. The number of nitrogens with zero attached hydrogens (tertiary/aromatic N) is 2. The van der Waals surface area contributed by atoms with Crippen LogP contribution in [-0.4, -0.2) is 60.2 Å². The Hall–Kier alpha value is -1.46. The van der Waals surface area contributed by atoms with Gasteiger partial charge in [0.2, 0.25) is 0 Å². The topological polar surface area (TPSA) is 61.9 Å². The van der Waals surface area contributed by atoms with Crippen LogP contribution < -0.4 is 5.32 Å². The van der Waals surface area contributed by atoms with E-state index in [-0.39, 0.29) is 18.2 Å². The van der Waals surface area contributed by atoms with Gasteiger partial charge in [-0.1, -0.05) is 0 Å². The van der Waals surface area contributed by atoms with Crippen molar-refractivity contribution in [2.45, 2.75) is 39.3 Å². The van der Waals surface area contributed by atoms with Gasteiger partial charge < -0.3 is 19.9 Å². The Kier molecular flexibility index (Phi) is 3.84. The molecule has 114 valence electrons. The molecule has 1 N–H and O–H groups in total. The van der Waals surface area contributed by atoms with Crippen molar-refractivity contribution in [1.82, 2.24) is 15.1 Å². The van der Waals surface area contributed by atoms with E-state index in [1.165, 1.54) is 0 Å². The summed E-state index contributed by atoms with van der Waals surface area (Å²) in [6.45, 7) is 9.60. The second kappa shape index (κ2) is 5.14. The molecule has 20 heavy (non-hydrogen) atoms. The molecule has 2 aliphatic rings. The summed E-state index contributed by atoms with van der Waals surface area (Å²) in [6, 6.07) is 0.186. The van der Waals surface area contributed by atoms with E-state index in [0.717, 1.165) is 0 Å². The van der Waals surface area contributed by atoms with Crippen LogP contribution in [0.25, 0.3) is 0 Å². The molecule has 2 rings (SSSR count). The van der Waals surface area contributed by atoms with E-state index in [1.54, 1.807) is 16.8 Å². The summed E-state index contributed by atoms with van der Waals surface area (Å²) in [5.41, 5.74) is -0.457. The number of carbonyl (C=O) groups excluding carboxylic acids is 2. The number of amides is 3. The van der Waals surface area contributed by atoms with Gasteiger partial charge in [0.05, 0.1) is 0 Å². The zero-order valence-electron chi connectivity index (χ0n) is 13.0. The van der Waals surface area contributed by atoms with Crippen LogP contribution in [0.15, 0.2) is 0 Å². The molecule has 0 aromatic heterocycles. The molecule has 0 spiro atoms. The highest BCUT2D eigenvalue weighted by molar-refractivity contribution is 5.75. The highest BCUT2D eigenvalue weighted by Crippen LogP contribution is 2.45. The Morgan fingerprint density at radius 1 is 1.30 bits per heavy atom. The van der Waals surface area contributed by atoms with E-state index in [2.05, 4.69) is 5.32 Å². The van der Waals surface area contributed by atoms with Crippen molar-refractivity contribution in [1.29, 1.82) is 0 Å². The van der Waals surface area contributed by atoms with Crippen molar-refractivity contribution >= 4 is 12.1 Å². The minimum Gasteiger partial charge on any atom is -0.444 e. The third-order valence-corrected chi connectivity index (χ3v) is 3.96. The van der Waals surface area contributed by atoms with E-state index in [9.17, 15) is 9.59 Å². The van der Waals surface area contributed by atoms with E-state index < -0.39 is 5.60 Å². The molecule has 0 unspecified atom stereocenters. The zero-order chi connectivity index (χ0) is 15.1. The Balaban J connectivity index is 1.77. The third kappa shape index (κ3) is 3.16. The van der Waals surface area contributed by atoms with E-state index in [1.807, 2.05) is 27.7 Å². The minimum atomic E-state index is -0.457. The van der Waals surface area contributed by atoms with E-state index >= 15 is 0 Å². The first-order chi connectivity index (χ1) is 9.23. The third-order valence-electron chi connectivity index (χ3n) is 3.96. The Morgan fingerprint density at radius 3 is 2.30 bits per heavy atom. The molecule has 1 saturated carbocycles. The van der Waals surface area contributed by atoms with Gasteiger partial charge in [-0.3, -0.25) is 0 Å². The maximum Gasteiger partial charge on any atom is 0.410 e.